The Kier molecular flexibility index (Phi) is 4.88. The standard InChI is InChI=1S/C16H23N5O3/c1-5-16(17,6-2)9-19-13(22)10-7-11-12(18-8-10)20(3)15(24)21(4)14(11)23/h7-8H,5-6,9,17H2,1-4H3,(H,19,22). The van der Waals surface area contributed by atoms with E-state index in [1.54, 1.807) is 0 Å². The molecule has 24 heavy (non-hydrogen) atoms. The number of rotatable bonds is 5. The Morgan fingerprint density at radius 1 is 1.25 bits per heavy atom. The molecular weight excluding hydrogens is 310 g/mol. The van der Waals surface area contributed by atoms with Gasteiger partial charge in [0.1, 0.15) is 5.65 Å². The van der Waals surface area contributed by atoms with Gasteiger partial charge in [-0.15, -0.1) is 0 Å². The van der Waals surface area contributed by atoms with Gasteiger partial charge in [0.25, 0.3) is 11.5 Å². The Labute approximate surface area is 139 Å². The zero-order valence-corrected chi connectivity index (χ0v) is 14.4. The van der Waals surface area contributed by atoms with Crippen molar-refractivity contribution in [3.05, 3.63) is 38.7 Å². The average Bonchev–Trinajstić information content (AvgIpc) is 2.61. The number of nitrogens with one attached hydrogen (secondary N) is 1. The van der Waals surface area contributed by atoms with Gasteiger partial charge in [-0.3, -0.25) is 18.7 Å². The van der Waals surface area contributed by atoms with Crippen molar-refractivity contribution in [3.8, 4) is 0 Å². The largest absolute Gasteiger partial charge is 0.350 e. The fraction of sp³-hybridized carbons (Fsp3) is 0.500. The van der Waals surface area contributed by atoms with E-state index in [1.807, 2.05) is 13.8 Å². The maximum atomic E-state index is 12.3. The van der Waals surface area contributed by atoms with E-state index in [9.17, 15) is 14.4 Å². The molecule has 0 saturated carbocycles. The number of hydrogen-bond donors (Lipinski definition) is 2. The van der Waals surface area contributed by atoms with Gasteiger partial charge >= 0.3 is 5.69 Å². The SMILES string of the molecule is CCC(N)(CC)CNC(=O)c1cnc2c(c1)c(=O)n(C)c(=O)n2C. The second kappa shape index (κ2) is 6.56. The molecule has 0 aliphatic rings. The lowest BCUT2D eigenvalue weighted by Gasteiger charge is -2.26. The third kappa shape index (κ3) is 3.09. The molecule has 0 bridgehead atoms. The van der Waals surface area contributed by atoms with Crippen molar-refractivity contribution in [2.75, 3.05) is 6.54 Å². The summed E-state index contributed by atoms with van der Waals surface area (Å²) >= 11 is 0. The number of nitrogens with zero attached hydrogens (tertiary/aromatic N) is 3. The maximum Gasteiger partial charge on any atom is 0.332 e. The van der Waals surface area contributed by atoms with Crippen molar-refractivity contribution in [3.63, 3.8) is 0 Å². The van der Waals surface area contributed by atoms with Crippen molar-refractivity contribution < 1.29 is 4.79 Å². The minimum absolute atomic E-state index is 0.220. The summed E-state index contributed by atoms with van der Waals surface area (Å²) in [7, 11) is 2.92. The highest BCUT2D eigenvalue weighted by Crippen LogP contribution is 2.11. The van der Waals surface area contributed by atoms with Gasteiger partial charge in [-0.1, -0.05) is 13.8 Å². The molecule has 2 rings (SSSR count). The number of carbonyl (C=O) groups is 1. The molecule has 0 atom stereocenters. The van der Waals surface area contributed by atoms with E-state index in [0.29, 0.717) is 6.54 Å². The number of carbonyl (C=O) groups excluding carboxylic acids is 1. The van der Waals surface area contributed by atoms with Crippen LogP contribution in [-0.4, -0.2) is 32.1 Å². The summed E-state index contributed by atoms with van der Waals surface area (Å²) in [6, 6.07) is 1.45. The first-order valence-corrected chi connectivity index (χ1v) is 7.87. The normalized spacial score (nSPS) is 11.7. The molecule has 3 N–H and O–H groups in total. The lowest BCUT2D eigenvalue weighted by atomic mass is 9.94. The smallest absolute Gasteiger partial charge is 0.332 e. The van der Waals surface area contributed by atoms with Crippen LogP contribution in [0.5, 0.6) is 0 Å². The summed E-state index contributed by atoms with van der Waals surface area (Å²) in [5.74, 6) is -0.350. The molecule has 8 heteroatoms. The van der Waals surface area contributed by atoms with Crippen LogP contribution in [0, 0.1) is 0 Å². The lowest BCUT2D eigenvalue weighted by Crippen LogP contribution is -2.49. The highest BCUT2D eigenvalue weighted by molar-refractivity contribution is 5.96. The molecule has 0 aromatic carbocycles. The van der Waals surface area contributed by atoms with Gasteiger partial charge in [-0.2, -0.15) is 0 Å². The van der Waals surface area contributed by atoms with E-state index >= 15 is 0 Å². The monoisotopic (exact) mass is 333 g/mol. The highest BCUT2D eigenvalue weighted by atomic mass is 16.2. The van der Waals surface area contributed by atoms with Crippen LogP contribution in [0.3, 0.4) is 0 Å². The van der Waals surface area contributed by atoms with Crippen molar-refractivity contribution in [2.24, 2.45) is 19.8 Å². The molecular formula is C16H23N5O3. The Morgan fingerprint density at radius 2 is 1.88 bits per heavy atom. The minimum atomic E-state index is -0.481. The van der Waals surface area contributed by atoms with Gasteiger partial charge in [0, 0.05) is 32.4 Å². The quantitative estimate of drug-likeness (QED) is 0.792. The third-order valence-electron chi connectivity index (χ3n) is 4.56. The maximum absolute atomic E-state index is 12.3. The van der Waals surface area contributed by atoms with E-state index in [4.69, 9.17) is 5.73 Å². The van der Waals surface area contributed by atoms with Crippen LogP contribution in [0.2, 0.25) is 0 Å². The topological polar surface area (TPSA) is 112 Å². The van der Waals surface area contributed by atoms with Crippen molar-refractivity contribution in [1.29, 1.82) is 0 Å². The molecule has 130 valence electrons. The third-order valence-corrected chi connectivity index (χ3v) is 4.56. The summed E-state index contributed by atoms with van der Waals surface area (Å²) < 4.78 is 2.27. The summed E-state index contributed by atoms with van der Waals surface area (Å²) in [4.78, 5) is 40.6. The molecule has 2 aromatic heterocycles. The molecule has 2 heterocycles. The fourth-order valence-corrected chi connectivity index (χ4v) is 2.45. The number of aryl methyl sites for hydroxylation is 1. The number of pyridine rings is 1. The van der Waals surface area contributed by atoms with Crippen LogP contribution >= 0.6 is 0 Å². The Balaban J connectivity index is 2.39. The second-order valence-electron chi connectivity index (χ2n) is 6.05. The Hall–Kier alpha value is -2.48. The second-order valence-corrected chi connectivity index (χ2v) is 6.05. The van der Waals surface area contributed by atoms with E-state index < -0.39 is 16.8 Å². The molecule has 0 fully saturated rings. The average molecular weight is 333 g/mol. The fourth-order valence-electron chi connectivity index (χ4n) is 2.45. The van der Waals surface area contributed by atoms with Crippen LogP contribution in [0.1, 0.15) is 37.0 Å². The van der Waals surface area contributed by atoms with Crippen LogP contribution < -0.4 is 22.3 Å². The first-order chi connectivity index (χ1) is 11.2. The van der Waals surface area contributed by atoms with Crippen LogP contribution in [0.25, 0.3) is 11.0 Å². The van der Waals surface area contributed by atoms with E-state index in [0.717, 1.165) is 17.4 Å². The number of hydrogen-bond acceptors (Lipinski definition) is 5. The molecule has 1 amide bonds. The summed E-state index contributed by atoms with van der Waals surface area (Å²) in [6.07, 6.45) is 2.83. The molecule has 0 saturated heterocycles. The van der Waals surface area contributed by atoms with Gasteiger partial charge in [-0.05, 0) is 18.9 Å². The van der Waals surface area contributed by atoms with Crippen LogP contribution in [0.4, 0.5) is 0 Å². The van der Waals surface area contributed by atoms with Crippen molar-refractivity contribution in [1.82, 2.24) is 19.4 Å². The number of fused-ring (bicyclic) bond motifs is 1. The predicted octanol–water partition coefficient (Wildman–Crippen LogP) is -0.120. The highest BCUT2D eigenvalue weighted by Gasteiger charge is 2.21. The number of aromatic nitrogens is 3. The van der Waals surface area contributed by atoms with Crippen molar-refractivity contribution >= 4 is 16.9 Å². The van der Waals surface area contributed by atoms with Gasteiger partial charge in [-0.25, -0.2) is 9.78 Å². The molecule has 8 nitrogen and oxygen atoms in total. The van der Waals surface area contributed by atoms with Crippen molar-refractivity contribution in [2.45, 2.75) is 32.2 Å². The first-order valence-electron chi connectivity index (χ1n) is 7.87. The van der Waals surface area contributed by atoms with E-state index in [2.05, 4.69) is 10.3 Å². The van der Waals surface area contributed by atoms with Gasteiger partial charge in [0.05, 0.1) is 10.9 Å². The van der Waals surface area contributed by atoms with E-state index in [1.165, 1.54) is 30.9 Å². The zero-order chi connectivity index (χ0) is 18.1. The number of nitrogens with two attached hydrogens (primary N) is 1. The van der Waals surface area contributed by atoms with Gasteiger partial charge < -0.3 is 11.1 Å². The molecule has 0 spiro atoms. The summed E-state index contributed by atoms with van der Waals surface area (Å²) in [5, 5.41) is 3.00. The number of amides is 1. The molecule has 0 aliphatic heterocycles. The molecule has 0 aliphatic carbocycles. The van der Waals surface area contributed by atoms with Crippen LogP contribution in [-0.2, 0) is 14.1 Å². The van der Waals surface area contributed by atoms with Gasteiger partial charge in [0.15, 0.2) is 0 Å². The predicted molar refractivity (Wildman–Crippen MR) is 92.1 cm³/mol. The zero-order valence-electron chi connectivity index (χ0n) is 14.4. The first kappa shape index (κ1) is 17.9. The molecule has 2 aromatic rings. The Bertz CT molecular complexity index is 893. The molecule has 0 radical (unpaired) electrons. The van der Waals surface area contributed by atoms with Crippen LogP contribution in [0.15, 0.2) is 21.9 Å². The Morgan fingerprint density at radius 3 is 2.46 bits per heavy atom. The minimum Gasteiger partial charge on any atom is -0.350 e. The molecule has 0 unspecified atom stereocenters. The van der Waals surface area contributed by atoms with E-state index in [-0.39, 0.29) is 22.5 Å². The summed E-state index contributed by atoms with van der Waals surface area (Å²) in [6.45, 7) is 4.27. The lowest BCUT2D eigenvalue weighted by molar-refractivity contribution is 0.0942. The van der Waals surface area contributed by atoms with Gasteiger partial charge in [0.2, 0.25) is 0 Å². The summed E-state index contributed by atoms with van der Waals surface area (Å²) in [5.41, 5.74) is 5.27.